The smallest absolute Gasteiger partial charge is 0.351 e. The summed E-state index contributed by atoms with van der Waals surface area (Å²) in [7, 11) is 2.58. The van der Waals surface area contributed by atoms with Crippen LogP contribution in [0.4, 0.5) is 5.82 Å². The molecular weight excluding hydrogens is 468 g/mol. The number of carbonyl (C=O) groups excluding carboxylic acids is 2. The van der Waals surface area contributed by atoms with Gasteiger partial charge in [0.25, 0.3) is 17.4 Å². The number of carbonyl (C=O) groups is 2. The monoisotopic (exact) mass is 494 g/mol. The van der Waals surface area contributed by atoms with E-state index in [-0.39, 0.29) is 25.5 Å². The standard InChI is InChI=1S/C20H26N6O9/c1-4-32-10-5-19(25(2)17(29)20(10,35-19)18(30)31-3)33-6-9-12(27)13(28)16(34-9)26-8-24-11-14(21)22-7-23-15(11)26/h7-10,12-13,16,27-28H,4-6H2,1-3H3,(H2,21,22,23)/t9-,10-,12-,13-,16-,19+,20+/m1/s1. The van der Waals surface area contributed by atoms with Crippen molar-refractivity contribution in [3.8, 4) is 0 Å². The van der Waals surface area contributed by atoms with E-state index in [1.165, 1.54) is 24.3 Å². The SMILES string of the molecule is CCO[C@@H]1C[C@]2(OC[C@H]3O[C@@H](n4cnc5c(N)ncnc54)[C@H](O)[C@@H]3O)O[C@]1(C(=O)OC)C(=O)N2C. The third-order valence-corrected chi connectivity index (χ3v) is 6.68. The molecule has 1 amide bonds. The van der Waals surface area contributed by atoms with Crippen LogP contribution in [0.25, 0.3) is 11.2 Å². The number of hydrogen-bond acceptors (Lipinski definition) is 13. The van der Waals surface area contributed by atoms with E-state index in [2.05, 4.69) is 15.0 Å². The van der Waals surface area contributed by atoms with Crippen LogP contribution in [0.5, 0.6) is 0 Å². The van der Waals surface area contributed by atoms with Gasteiger partial charge in [0.05, 0.1) is 26.5 Å². The number of methoxy groups -OCH3 is 1. The molecule has 3 fully saturated rings. The Kier molecular flexibility index (Phi) is 5.65. The Hall–Kier alpha value is -2.95. The Morgan fingerprint density at radius 2 is 2.09 bits per heavy atom. The summed E-state index contributed by atoms with van der Waals surface area (Å²) in [4.78, 5) is 38.9. The number of fused-ring (bicyclic) bond motifs is 3. The lowest BCUT2D eigenvalue weighted by atomic mass is 9.91. The highest BCUT2D eigenvalue weighted by Crippen LogP contribution is 2.51. The summed E-state index contributed by atoms with van der Waals surface area (Å²) >= 11 is 0. The summed E-state index contributed by atoms with van der Waals surface area (Å²) in [6, 6.07) is 0. The normalized spacial score (nSPS) is 36.4. The lowest BCUT2D eigenvalue weighted by molar-refractivity contribution is -0.279. The average molecular weight is 494 g/mol. The van der Waals surface area contributed by atoms with E-state index in [0.29, 0.717) is 11.2 Å². The molecule has 2 aromatic heterocycles. The number of likely N-dealkylation sites (tertiary alicyclic amines) is 1. The fraction of sp³-hybridized carbons (Fsp3) is 0.650. The lowest BCUT2D eigenvalue weighted by Crippen LogP contribution is -2.60. The second-order valence-electron chi connectivity index (χ2n) is 8.49. The number of aromatic nitrogens is 4. The van der Waals surface area contributed by atoms with Crippen molar-refractivity contribution >= 4 is 28.9 Å². The van der Waals surface area contributed by atoms with Crippen molar-refractivity contribution in [2.75, 3.05) is 33.1 Å². The zero-order valence-corrected chi connectivity index (χ0v) is 19.2. The molecule has 3 aliphatic heterocycles. The van der Waals surface area contributed by atoms with Gasteiger partial charge in [0, 0.05) is 13.7 Å². The van der Waals surface area contributed by atoms with Gasteiger partial charge in [-0.25, -0.2) is 19.7 Å². The van der Waals surface area contributed by atoms with Crippen molar-refractivity contribution in [3.05, 3.63) is 12.7 Å². The van der Waals surface area contributed by atoms with E-state index in [0.717, 1.165) is 12.0 Å². The van der Waals surface area contributed by atoms with E-state index in [1.807, 2.05) is 0 Å². The minimum atomic E-state index is -1.99. The number of ether oxygens (including phenoxy) is 5. The number of nitrogens with zero attached hydrogens (tertiary/aromatic N) is 5. The number of aliphatic hydroxyl groups excluding tert-OH is 2. The summed E-state index contributed by atoms with van der Waals surface area (Å²) < 4.78 is 29.6. The topological polar surface area (TPSA) is 194 Å². The van der Waals surface area contributed by atoms with Gasteiger partial charge in [0.1, 0.15) is 36.3 Å². The first kappa shape index (κ1) is 23.8. The number of amides is 1. The molecule has 190 valence electrons. The van der Waals surface area contributed by atoms with Crippen molar-refractivity contribution in [2.45, 2.75) is 55.5 Å². The number of anilines is 1. The molecule has 7 atom stereocenters. The highest BCUT2D eigenvalue weighted by molar-refractivity contribution is 6.09. The molecule has 5 rings (SSSR count). The molecule has 0 radical (unpaired) electrons. The summed E-state index contributed by atoms with van der Waals surface area (Å²) in [5.74, 6) is -3.05. The molecule has 0 unspecified atom stereocenters. The Labute approximate surface area is 198 Å². The number of likely N-dealkylation sites (N-methyl/N-ethyl adjacent to an activating group) is 1. The molecular formula is C20H26N6O9. The van der Waals surface area contributed by atoms with Gasteiger partial charge in [-0.1, -0.05) is 0 Å². The summed E-state index contributed by atoms with van der Waals surface area (Å²) in [5, 5.41) is 21.3. The fourth-order valence-corrected chi connectivity index (χ4v) is 4.87. The molecule has 3 saturated heterocycles. The molecule has 15 nitrogen and oxygen atoms in total. The predicted molar refractivity (Wildman–Crippen MR) is 113 cm³/mol. The van der Waals surface area contributed by atoms with Crippen molar-refractivity contribution in [1.82, 2.24) is 24.4 Å². The van der Waals surface area contributed by atoms with E-state index < -0.39 is 54.0 Å². The van der Waals surface area contributed by atoms with Gasteiger partial charge in [0.15, 0.2) is 17.7 Å². The minimum Gasteiger partial charge on any atom is -0.466 e. The second kappa shape index (κ2) is 8.32. The lowest BCUT2D eigenvalue weighted by Gasteiger charge is -2.36. The zero-order valence-electron chi connectivity index (χ0n) is 19.2. The number of imidazole rings is 1. The maximum Gasteiger partial charge on any atom is 0.351 e. The number of piperidine rings is 1. The number of esters is 1. The molecule has 5 heterocycles. The summed E-state index contributed by atoms with van der Waals surface area (Å²) in [6.07, 6.45) is -3.06. The van der Waals surface area contributed by atoms with Gasteiger partial charge < -0.3 is 39.6 Å². The first-order valence-corrected chi connectivity index (χ1v) is 11.0. The van der Waals surface area contributed by atoms with Crippen LogP contribution in [0.2, 0.25) is 0 Å². The first-order chi connectivity index (χ1) is 16.7. The van der Waals surface area contributed by atoms with Crippen LogP contribution >= 0.6 is 0 Å². The van der Waals surface area contributed by atoms with Crippen LogP contribution in [0, 0.1) is 0 Å². The van der Waals surface area contributed by atoms with Crippen molar-refractivity contribution in [2.24, 2.45) is 0 Å². The number of nitrogens with two attached hydrogens (primary N) is 1. The van der Waals surface area contributed by atoms with Gasteiger partial charge in [0.2, 0.25) is 0 Å². The zero-order chi connectivity index (χ0) is 25.1. The van der Waals surface area contributed by atoms with E-state index >= 15 is 0 Å². The first-order valence-electron chi connectivity index (χ1n) is 11.0. The quantitative estimate of drug-likeness (QED) is 0.280. The van der Waals surface area contributed by atoms with E-state index in [1.54, 1.807) is 6.92 Å². The van der Waals surface area contributed by atoms with Gasteiger partial charge in [-0.2, -0.15) is 0 Å². The molecule has 2 aromatic rings. The Morgan fingerprint density at radius 3 is 2.80 bits per heavy atom. The third kappa shape index (κ3) is 3.23. The molecule has 0 spiro atoms. The molecule has 2 bridgehead atoms. The molecule has 35 heavy (non-hydrogen) atoms. The van der Waals surface area contributed by atoms with E-state index in [9.17, 15) is 19.8 Å². The van der Waals surface area contributed by atoms with Gasteiger partial charge >= 0.3 is 5.97 Å². The van der Waals surface area contributed by atoms with Crippen LogP contribution in [-0.2, 0) is 33.3 Å². The predicted octanol–water partition coefficient (Wildman–Crippen LogP) is -2.09. The van der Waals surface area contributed by atoms with Crippen LogP contribution in [0.15, 0.2) is 12.7 Å². The second-order valence-corrected chi connectivity index (χ2v) is 8.49. The van der Waals surface area contributed by atoms with Crippen molar-refractivity contribution in [1.29, 1.82) is 0 Å². The molecule has 0 saturated carbocycles. The Bertz CT molecular complexity index is 1160. The van der Waals surface area contributed by atoms with Crippen LogP contribution in [0.3, 0.4) is 0 Å². The number of rotatable bonds is 7. The van der Waals surface area contributed by atoms with Crippen LogP contribution in [-0.4, -0.2) is 110 Å². The third-order valence-electron chi connectivity index (χ3n) is 6.68. The van der Waals surface area contributed by atoms with Gasteiger partial charge in [-0.15, -0.1) is 0 Å². The summed E-state index contributed by atoms with van der Waals surface area (Å²) in [6.45, 7) is 1.67. The highest BCUT2D eigenvalue weighted by Gasteiger charge is 2.76. The average Bonchev–Trinajstić information content (AvgIpc) is 3.55. The molecule has 0 aromatic carbocycles. The van der Waals surface area contributed by atoms with E-state index in [4.69, 9.17) is 29.4 Å². The van der Waals surface area contributed by atoms with Crippen LogP contribution < -0.4 is 5.73 Å². The molecule has 15 heteroatoms. The minimum absolute atomic E-state index is 0.0231. The highest BCUT2D eigenvalue weighted by atomic mass is 16.8. The number of aliphatic hydroxyl groups is 2. The van der Waals surface area contributed by atoms with Crippen molar-refractivity contribution in [3.63, 3.8) is 0 Å². The number of nitrogen functional groups attached to an aromatic ring is 1. The Balaban J connectivity index is 1.36. The van der Waals surface area contributed by atoms with Gasteiger partial charge in [-0.05, 0) is 6.92 Å². The van der Waals surface area contributed by atoms with Gasteiger partial charge in [-0.3, -0.25) is 14.3 Å². The molecule has 3 aliphatic rings. The van der Waals surface area contributed by atoms with Crippen LogP contribution in [0.1, 0.15) is 19.6 Å². The molecule has 4 N–H and O–H groups in total. The Morgan fingerprint density at radius 1 is 1.31 bits per heavy atom. The largest absolute Gasteiger partial charge is 0.466 e. The fourth-order valence-electron chi connectivity index (χ4n) is 4.87. The molecule has 0 aliphatic carbocycles. The maximum atomic E-state index is 13.0. The summed E-state index contributed by atoms with van der Waals surface area (Å²) in [5.41, 5.74) is 4.46. The maximum absolute atomic E-state index is 13.0. The van der Waals surface area contributed by atoms with Crippen molar-refractivity contribution < 1.29 is 43.5 Å². The number of hydrogen-bond donors (Lipinski definition) is 3.